The van der Waals surface area contributed by atoms with Gasteiger partial charge in [0, 0.05) is 11.5 Å². The van der Waals surface area contributed by atoms with Crippen molar-refractivity contribution < 1.29 is 23.4 Å². The molecular formula is C10H10BrF2NO3. The van der Waals surface area contributed by atoms with Crippen LogP contribution >= 0.6 is 15.9 Å². The van der Waals surface area contributed by atoms with Crippen LogP contribution in [0.15, 0.2) is 6.20 Å². The highest BCUT2D eigenvalue weighted by atomic mass is 79.9. The highest BCUT2D eigenvalue weighted by molar-refractivity contribution is 9.08. The Hall–Kier alpha value is -1.24. The van der Waals surface area contributed by atoms with Crippen LogP contribution in [0.2, 0.25) is 0 Å². The van der Waals surface area contributed by atoms with Crippen molar-refractivity contribution in [2.45, 2.75) is 18.2 Å². The number of aromatic nitrogens is 1. The number of nitrogens with zero attached hydrogens (tertiary/aromatic N) is 1. The first kappa shape index (κ1) is 13.8. The number of esters is 1. The number of aromatic hydroxyl groups is 1. The van der Waals surface area contributed by atoms with Gasteiger partial charge in [0.25, 0.3) is 6.43 Å². The maximum absolute atomic E-state index is 12.7. The number of hydrogen-bond acceptors (Lipinski definition) is 4. The Morgan fingerprint density at radius 3 is 2.76 bits per heavy atom. The van der Waals surface area contributed by atoms with Crippen LogP contribution in [-0.2, 0) is 21.3 Å². The van der Waals surface area contributed by atoms with E-state index in [-0.39, 0.29) is 23.0 Å². The molecule has 0 spiro atoms. The Kier molecular flexibility index (Phi) is 4.80. The average molecular weight is 310 g/mol. The van der Waals surface area contributed by atoms with Gasteiger partial charge in [-0.15, -0.1) is 0 Å². The standard InChI is InChI=1S/C10H10BrF2NO3/c1-17-7(15)2-6-9(16)8(10(12)13)5(3-11)4-14-6/h4,10,16H,2-3H2,1H3. The van der Waals surface area contributed by atoms with E-state index >= 15 is 0 Å². The predicted octanol–water partition coefficient (Wildman–Crippen LogP) is 2.34. The highest BCUT2D eigenvalue weighted by Crippen LogP contribution is 2.34. The zero-order chi connectivity index (χ0) is 13.0. The Morgan fingerprint density at radius 2 is 2.29 bits per heavy atom. The summed E-state index contributed by atoms with van der Waals surface area (Å²) in [4.78, 5) is 14.8. The van der Waals surface area contributed by atoms with Crippen LogP contribution in [0.5, 0.6) is 5.75 Å². The molecule has 0 aliphatic carbocycles. The maximum atomic E-state index is 12.7. The lowest BCUT2D eigenvalue weighted by Gasteiger charge is -2.11. The lowest BCUT2D eigenvalue weighted by Crippen LogP contribution is -2.08. The van der Waals surface area contributed by atoms with Crippen LogP contribution < -0.4 is 0 Å². The molecule has 7 heteroatoms. The number of methoxy groups -OCH3 is 1. The maximum Gasteiger partial charge on any atom is 0.311 e. The van der Waals surface area contributed by atoms with Crippen LogP contribution in [0, 0.1) is 0 Å². The summed E-state index contributed by atoms with van der Waals surface area (Å²) in [7, 11) is 1.17. The van der Waals surface area contributed by atoms with E-state index in [0.29, 0.717) is 0 Å². The van der Waals surface area contributed by atoms with Crippen LogP contribution in [0.4, 0.5) is 8.78 Å². The number of rotatable bonds is 4. The second kappa shape index (κ2) is 5.90. The first-order valence-electron chi connectivity index (χ1n) is 4.61. The van der Waals surface area contributed by atoms with Crippen molar-refractivity contribution in [3.8, 4) is 5.75 Å². The number of halogens is 3. The van der Waals surface area contributed by atoms with Crippen LogP contribution in [0.25, 0.3) is 0 Å². The Balaban J connectivity index is 3.18. The summed E-state index contributed by atoms with van der Waals surface area (Å²) in [5, 5.41) is 9.79. The summed E-state index contributed by atoms with van der Waals surface area (Å²) in [5.74, 6) is -1.30. The largest absolute Gasteiger partial charge is 0.506 e. The van der Waals surface area contributed by atoms with Gasteiger partial charge in [0.05, 0.1) is 24.8 Å². The first-order chi connectivity index (χ1) is 8.01. The quantitative estimate of drug-likeness (QED) is 0.685. The zero-order valence-corrected chi connectivity index (χ0v) is 10.5. The molecular weight excluding hydrogens is 300 g/mol. The third-order valence-electron chi connectivity index (χ3n) is 2.15. The van der Waals surface area contributed by atoms with Gasteiger partial charge in [0.1, 0.15) is 5.75 Å². The van der Waals surface area contributed by atoms with E-state index in [1.807, 2.05) is 0 Å². The zero-order valence-electron chi connectivity index (χ0n) is 8.91. The summed E-state index contributed by atoms with van der Waals surface area (Å²) < 4.78 is 29.9. The lowest BCUT2D eigenvalue weighted by atomic mass is 10.1. The Bertz CT molecular complexity index is 426. The minimum Gasteiger partial charge on any atom is -0.506 e. The molecule has 0 aliphatic rings. The molecule has 1 N–H and O–H groups in total. The van der Waals surface area contributed by atoms with Crippen LogP contribution in [-0.4, -0.2) is 23.2 Å². The molecule has 1 heterocycles. The van der Waals surface area contributed by atoms with E-state index in [1.54, 1.807) is 0 Å². The Morgan fingerprint density at radius 1 is 1.65 bits per heavy atom. The Labute approximate surface area is 105 Å². The van der Waals surface area contributed by atoms with Crippen LogP contribution in [0.3, 0.4) is 0 Å². The molecule has 0 aliphatic heterocycles. The highest BCUT2D eigenvalue weighted by Gasteiger charge is 2.22. The van der Waals surface area contributed by atoms with Gasteiger partial charge >= 0.3 is 5.97 Å². The number of ether oxygens (including phenoxy) is 1. The van der Waals surface area contributed by atoms with Crippen molar-refractivity contribution in [2.75, 3.05) is 7.11 Å². The molecule has 0 unspecified atom stereocenters. The van der Waals surface area contributed by atoms with Crippen molar-refractivity contribution >= 4 is 21.9 Å². The number of pyridine rings is 1. The average Bonchev–Trinajstić information content (AvgIpc) is 2.30. The van der Waals surface area contributed by atoms with Crippen molar-refractivity contribution in [3.05, 3.63) is 23.0 Å². The molecule has 1 aromatic heterocycles. The van der Waals surface area contributed by atoms with E-state index in [2.05, 4.69) is 25.7 Å². The smallest absolute Gasteiger partial charge is 0.311 e. The number of carbonyl (C=O) groups is 1. The first-order valence-corrected chi connectivity index (χ1v) is 5.74. The second-order valence-corrected chi connectivity index (χ2v) is 3.74. The van der Waals surface area contributed by atoms with E-state index in [0.717, 1.165) is 0 Å². The van der Waals surface area contributed by atoms with Gasteiger partial charge in [-0.25, -0.2) is 8.78 Å². The monoisotopic (exact) mass is 309 g/mol. The third-order valence-corrected chi connectivity index (χ3v) is 2.76. The molecule has 0 aromatic carbocycles. The lowest BCUT2D eigenvalue weighted by molar-refractivity contribution is -0.139. The molecule has 17 heavy (non-hydrogen) atoms. The number of carbonyl (C=O) groups excluding carboxylic acids is 1. The minimum atomic E-state index is -2.83. The molecule has 0 fully saturated rings. The van der Waals surface area contributed by atoms with Crippen molar-refractivity contribution in [1.82, 2.24) is 4.98 Å². The third kappa shape index (κ3) is 3.12. The van der Waals surface area contributed by atoms with Crippen molar-refractivity contribution in [1.29, 1.82) is 0 Å². The molecule has 94 valence electrons. The summed E-state index contributed by atoms with van der Waals surface area (Å²) >= 11 is 3.02. The SMILES string of the molecule is COC(=O)Cc1ncc(CBr)c(C(F)F)c1O. The van der Waals surface area contributed by atoms with E-state index in [9.17, 15) is 18.7 Å². The van der Waals surface area contributed by atoms with Crippen LogP contribution in [0.1, 0.15) is 23.2 Å². The molecule has 1 aromatic rings. The molecule has 1 rings (SSSR count). The van der Waals surface area contributed by atoms with E-state index < -0.39 is 23.7 Å². The summed E-state index contributed by atoms with van der Waals surface area (Å²) in [6.07, 6.45) is -1.97. The molecule has 0 bridgehead atoms. The topological polar surface area (TPSA) is 59.4 Å². The summed E-state index contributed by atoms with van der Waals surface area (Å²) in [5.41, 5.74) is -0.432. The normalized spacial score (nSPS) is 10.6. The van der Waals surface area contributed by atoms with Gasteiger partial charge in [-0.1, -0.05) is 15.9 Å². The summed E-state index contributed by atoms with van der Waals surface area (Å²) in [6.45, 7) is 0. The van der Waals surface area contributed by atoms with Gasteiger partial charge in [0.2, 0.25) is 0 Å². The molecule has 0 atom stereocenters. The molecule has 0 saturated carbocycles. The summed E-state index contributed by atoms with van der Waals surface area (Å²) in [6, 6.07) is 0. The van der Waals surface area contributed by atoms with Gasteiger partial charge in [-0.05, 0) is 5.56 Å². The fraction of sp³-hybridized carbons (Fsp3) is 0.400. The number of alkyl halides is 3. The van der Waals surface area contributed by atoms with E-state index in [1.165, 1.54) is 13.3 Å². The van der Waals surface area contributed by atoms with Gasteiger partial charge in [-0.2, -0.15) is 0 Å². The van der Waals surface area contributed by atoms with Gasteiger partial charge in [-0.3, -0.25) is 9.78 Å². The molecule has 0 saturated heterocycles. The molecule has 0 radical (unpaired) electrons. The second-order valence-electron chi connectivity index (χ2n) is 3.18. The number of hydrogen-bond donors (Lipinski definition) is 1. The molecule has 0 amide bonds. The fourth-order valence-corrected chi connectivity index (χ4v) is 1.73. The molecule has 4 nitrogen and oxygen atoms in total. The van der Waals surface area contributed by atoms with Crippen molar-refractivity contribution in [2.24, 2.45) is 0 Å². The minimum absolute atomic E-state index is 0.114. The van der Waals surface area contributed by atoms with Gasteiger partial charge in [0.15, 0.2) is 0 Å². The predicted molar refractivity (Wildman–Crippen MR) is 59.2 cm³/mol. The van der Waals surface area contributed by atoms with E-state index in [4.69, 9.17) is 0 Å². The fourth-order valence-electron chi connectivity index (χ4n) is 1.28. The van der Waals surface area contributed by atoms with Gasteiger partial charge < -0.3 is 9.84 Å². The van der Waals surface area contributed by atoms with Crippen molar-refractivity contribution in [3.63, 3.8) is 0 Å².